The van der Waals surface area contributed by atoms with Gasteiger partial charge in [0.1, 0.15) is 0 Å². The number of hydrogen-bond acceptors (Lipinski definition) is 3. The van der Waals surface area contributed by atoms with Crippen molar-refractivity contribution in [2.24, 2.45) is 28.2 Å². The van der Waals surface area contributed by atoms with Gasteiger partial charge in [0.25, 0.3) is 0 Å². The first kappa shape index (κ1) is 11.8. The van der Waals surface area contributed by atoms with Crippen molar-refractivity contribution in [3.8, 4) is 0 Å². The summed E-state index contributed by atoms with van der Waals surface area (Å²) in [5.41, 5.74) is -0.649. The van der Waals surface area contributed by atoms with Crippen molar-refractivity contribution in [1.82, 2.24) is 0 Å². The third-order valence-corrected chi connectivity index (χ3v) is 7.18. The van der Waals surface area contributed by atoms with E-state index >= 15 is 0 Å². The average molecular weight is 265 g/mol. The first-order valence-corrected chi connectivity index (χ1v) is 8.34. The van der Waals surface area contributed by atoms with E-state index < -0.39 is 5.72 Å². The van der Waals surface area contributed by atoms with Gasteiger partial charge in [0.05, 0.1) is 10.3 Å². The van der Waals surface area contributed by atoms with Crippen LogP contribution in [0.3, 0.4) is 0 Å². The normalized spacial score (nSPS) is 58.1. The van der Waals surface area contributed by atoms with Gasteiger partial charge >= 0.3 is 0 Å². The Bertz CT molecular complexity index is 383. The van der Waals surface area contributed by atoms with Gasteiger partial charge in [-0.2, -0.15) is 0 Å². The summed E-state index contributed by atoms with van der Waals surface area (Å²) in [7, 11) is 0. The molecule has 18 heavy (non-hydrogen) atoms. The second-order valence-electron chi connectivity index (χ2n) is 7.31. The molecule has 1 heterocycles. The molecule has 5 aliphatic rings. The van der Waals surface area contributed by atoms with Gasteiger partial charge in [-0.1, -0.05) is 0 Å². The van der Waals surface area contributed by atoms with Crippen molar-refractivity contribution < 1.29 is 5.11 Å². The van der Waals surface area contributed by atoms with Crippen molar-refractivity contribution in [2.45, 2.75) is 63.3 Å². The summed E-state index contributed by atoms with van der Waals surface area (Å²) in [6.07, 6.45) is 7.99. The molecule has 0 aromatic carbocycles. The van der Waals surface area contributed by atoms with E-state index in [-0.39, 0.29) is 10.7 Å². The smallest absolute Gasteiger partial charge is 0.174 e. The highest BCUT2D eigenvalue weighted by Gasteiger charge is 2.63. The van der Waals surface area contributed by atoms with Crippen LogP contribution in [0.4, 0.5) is 0 Å². The number of thioether (sulfide) groups is 1. The number of aliphatic hydroxyl groups is 1. The third-order valence-electron chi connectivity index (χ3n) is 6.06. The molecule has 0 saturated heterocycles. The van der Waals surface area contributed by atoms with E-state index in [0.717, 1.165) is 22.8 Å². The number of rotatable bonds is 1. The molecule has 2 unspecified atom stereocenters. The molecular formula is C15H23NOS. The minimum atomic E-state index is -0.766. The largest absolute Gasteiger partial charge is 0.368 e. The molecule has 100 valence electrons. The van der Waals surface area contributed by atoms with Crippen LogP contribution in [0.2, 0.25) is 0 Å². The molecule has 0 aromatic heterocycles. The van der Waals surface area contributed by atoms with Crippen molar-refractivity contribution in [3.05, 3.63) is 0 Å². The highest BCUT2D eigenvalue weighted by atomic mass is 32.2. The highest BCUT2D eigenvalue weighted by molar-refractivity contribution is 8.14. The van der Waals surface area contributed by atoms with Gasteiger partial charge in [-0.3, -0.25) is 0 Å². The van der Waals surface area contributed by atoms with E-state index in [4.69, 9.17) is 4.99 Å². The molecule has 4 saturated carbocycles. The summed E-state index contributed by atoms with van der Waals surface area (Å²) >= 11 is 1.78. The first-order valence-electron chi connectivity index (χ1n) is 7.46. The molecule has 4 aliphatic carbocycles. The molecule has 0 spiro atoms. The molecule has 2 nitrogen and oxygen atoms in total. The van der Waals surface area contributed by atoms with Crippen LogP contribution in [0.15, 0.2) is 4.99 Å². The standard InChI is InChI=1S/C15H23NOS/c1-9-15(17,16-10(2)18-9)14-6-11-3-12(7-14)5-13(4-11)8-14/h9,11-13,17H,3-8H2,1-2H3. The van der Waals surface area contributed by atoms with Gasteiger partial charge in [0, 0.05) is 5.41 Å². The Morgan fingerprint density at radius 1 is 1.11 bits per heavy atom. The fourth-order valence-corrected chi connectivity index (χ4v) is 6.98. The van der Waals surface area contributed by atoms with Crippen LogP contribution < -0.4 is 0 Å². The monoisotopic (exact) mass is 265 g/mol. The van der Waals surface area contributed by atoms with Crippen LogP contribution in [0, 0.1) is 23.2 Å². The van der Waals surface area contributed by atoms with Crippen LogP contribution in [-0.2, 0) is 0 Å². The maximum Gasteiger partial charge on any atom is 0.174 e. The lowest BCUT2D eigenvalue weighted by molar-refractivity contribution is -0.172. The summed E-state index contributed by atoms with van der Waals surface area (Å²) in [4.78, 5) is 4.73. The zero-order valence-electron chi connectivity index (χ0n) is 11.4. The highest BCUT2D eigenvalue weighted by Crippen LogP contribution is 2.66. The van der Waals surface area contributed by atoms with E-state index in [2.05, 4.69) is 13.8 Å². The lowest BCUT2D eigenvalue weighted by atomic mass is 9.46. The van der Waals surface area contributed by atoms with Gasteiger partial charge in [-0.25, -0.2) is 4.99 Å². The molecule has 3 heteroatoms. The third kappa shape index (κ3) is 1.38. The van der Waals surface area contributed by atoms with E-state index in [1.165, 1.54) is 38.5 Å². The van der Waals surface area contributed by atoms with Gasteiger partial charge < -0.3 is 5.11 Å². The van der Waals surface area contributed by atoms with Crippen molar-refractivity contribution in [1.29, 1.82) is 0 Å². The average Bonchev–Trinajstić information content (AvgIpc) is 2.52. The fraction of sp³-hybridized carbons (Fsp3) is 0.933. The molecular weight excluding hydrogens is 242 g/mol. The Balaban J connectivity index is 1.75. The summed E-state index contributed by atoms with van der Waals surface area (Å²) in [5, 5.41) is 12.6. The molecule has 1 N–H and O–H groups in total. The summed E-state index contributed by atoms with van der Waals surface area (Å²) in [6, 6.07) is 0. The SMILES string of the molecule is CC1=NC(O)(C23CC4CC(CC(C4)C2)C3)C(C)S1. The molecule has 1 aliphatic heterocycles. The van der Waals surface area contributed by atoms with E-state index in [0.29, 0.717) is 0 Å². The van der Waals surface area contributed by atoms with Crippen molar-refractivity contribution in [2.75, 3.05) is 0 Å². The molecule has 0 aromatic rings. The molecule has 5 rings (SSSR count). The lowest BCUT2D eigenvalue weighted by Crippen LogP contribution is -2.60. The second-order valence-corrected chi connectivity index (χ2v) is 8.85. The lowest BCUT2D eigenvalue weighted by Gasteiger charge is -2.61. The van der Waals surface area contributed by atoms with Crippen molar-refractivity contribution in [3.63, 3.8) is 0 Å². The van der Waals surface area contributed by atoms with Gasteiger partial charge in [0.2, 0.25) is 0 Å². The molecule has 2 atom stereocenters. The topological polar surface area (TPSA) is 32.6 Å². The maximum absolute atomic E-state index is 11.3. The zero-order chi connectivity index (χ0) is 12.5. The van der Waals surface area contributed by atoms with Gasteiger partial charge in [-0.15, -0.1) is 11.8 Å². The van der Waals surface area contributed by atoms with Crippen LogP contribution in [-0.4, -0.2) is 21.1 Å². The number of aliphatic imine (C=N–C) groups is 1. The Labute approximate surface area is 114 Å². The number of nitrogens with zero attached hydrogens (tertiary/aromatic N) is 1. The molecule has 4 fully saturated rings. The number of hydrogen-bond donors (Lipinski definition) is 1. The quantitative estimate of drug-likeness (QED) is 0.787. The summed E-state index contributed by atoms with van der Waals surface area (Å²) in [5.74, 6) is 2.65. The van der Waals surface area contributed by atoms with Crippen LogP contribution >= 0.6 is 11.8 Å². The Kier molecular flexibility index (Phi) is 2.32. The zero-order valence-corrected chi connectivity index (χ0v) is 12.2. The van der Waals surface area contributed by atoms with Crippen LogP contribution in [0.1, 0.15) is 52.4 Å². The second kappa shape index (κ2) is 3.54. The summed E-state index contributed by atoms with van der Waals surface area (Å²) < 4.78 is 0. The first-order chi connectivity index (χ1) is 8.51. The summed E-state index contributed by atoms with van der Waals surface area (Å²) in [6.45, 7) is 4.23. The Morgan fingerprint density at radius 2 is 1.61 bits per heavy atom. The minimum absolute atomic E-state index is 0.117. The van der Waals surface area contributed by atoms with E-state index in [1.807, 2.05) is 0 Å². The Hall–Kier alpha value is -0.0200. The van der Waals surface area contributed by atoms with Gasteiger partial charge in [0.15, 0.2) is 5.72 Å². The molecule has 0 radical (unpaired) electrons. The fourth-order valence-electron chi connectivity index (χ4n) is 5.81. The molecule has 0 amide bonds. The predicted octanol–water partition coefficient (Wildman–Crippen LogP) is 3.45. The van der Waals surface area contributed by atoms with Gasteiger partial charge in [-0.05, 0) is 70.1 Å². The maximum atomic E-state index is 11.3. The Morgan fingerprint density at radius 3 is 2.00 bits per heavy atom. The minimum Gasteiger partial charge on any atom is -0.368 e. The van der Waals surface area contributed by atoms with E-state index in [9.17, 15) is 5.11 Å². The predicted molar refractivity (Wildman–Crippen MR) is 75.7 cm³/mol. The van der Waals surface area contributed by atoms with Crippen LogP contribution in [0.25, 0.3) is 0 Å². The van der Waals surface area contributed by atoms with Crippen LogP contribution in [0.5, 0.6) is 0 Å². The van der Waals surface area contributed by atoms with Crippen molar-refractivity contribution >= 4 is 16.8 Å². The van der Waals surface area contributed by atoms with E-state index in [1.54, 1.807) is 11.8 Å². The molecule has 4 bridgehead atoms.